The summed E-state index contributed by atoms with van der Waals surface area (Å²) in [5.41, 5.74) is 3.13. The molecule has 0 aromatic carbocycles. The van der Waals surface area contributed by atoms with Crippen molar-refractivity contribution in [1.29, 1.82) is 5.26 Å². The molecule has 1 amide bonds. The highest BCUT2D eigenvalue weighted by atomic mass is 32.2. The van der Waals surface area contributed by atoms with Gasteiger partial charge in [0.1, 0.15) is 12.1 Å². The lowest BCUT2D eigenvalue weighted by atomic mass is 10.0. The fourth-order valence-corrected chi connectivity index (χ4v) is 4.55. The van der Waals surface area contributed by atoms with E-state index in [2.05, 4.69) is 25.0 Å². The van der Waals surface area contributed by atoms with Gasteiger partial charge in [0.25, 0.3) is 0 Å². The van der Waals surface area contributed by atoms with Gasteiger partial charge in [0.15, 0.2) is 0 Å². The van der Waals surface area contributed by atoms with Gasteiger partial charge in [-0.15, -0.1) is 0 Å². The number of hydrogen-bond donors (Lipinski definition) is 3. The van der Waals surface area contributed by atoms with Crippen molar-refractivity contribution in [3.8, 4) is 17.3 Å². The van der Waals surface area contributed by atoms with Gasteiger partial charge >= 0.3 is 10.2 Å². The first-order valence-electron chi connectivity index (χ1n) is 10.8. The van der Waals surface area contributed by atoms with Crippen LogP contribution in [0.3, 0.4) is 0 Å². The van der Waals surface area contributed by atoms with Gasteiger partial charge in [-0.2, -0.15) is 18.0 Å². The number of fused-ring (bicyclic) bond motifs is 1. The first-order chi connectivity index (χ1) is 16.3. The Kier molecular flexibility index (Phi) is 6.67. The van der Waals surface area contributed by atoms with Crippen LogP contribution in [0, 0.1) is 11.3 Å². The molecule has 4 heterocycles. The Bertz CT molecular complexity index is 1350. The Hall–Kier alpha value is -3.69. The van der Waals surface area contributed by atoms with Crippen LogP contribution in [0.2, 0.25) is 0 Å². The molecule has 1 aliphatic heterocycles. The first kappa shape index (κ1) is 23.5. The van der Waals surface area contributed by atoms with Crippen LogP contribution in [0.5, 0.6) is 0 Å². The second kappa shape index (κ2) is 9.66. The van der Waals surface area contributed by atoms with Gasteiger partial charge in [0, 0.05) is 62.8 Å². The van der Waals surface area contributed by atoms with Crippen LogP contribution in [-0.4, -0.2) is 71.7 Å². The Morgan fingerprint density at radius 1 is 1.35 bits per heavy atom. The van der Waals surface area contributed by atoms with Crippen molar-refractivity contribution in [2.75, 3.05) is 37.2 Å². The van der Waals surface area contributed by atoms with E-state index in [1.54, 1.807) is 29.4 Å². The van der Waals surface area contributed by atoms with E-state index in [0.29, 0.717) is 35.7 Å². The van der Waals surface area contributed by atoms with Gasteiger partial charge in [0.2, 0.25) is 5.91 Å². The van der Waals surface area contributed by atoms with E-state index in [0.717, 1.165) is 28.2 Å². The molecule has 0 aliphatic carbocycles. The molecule has 0 radical (unpaired) electrons. The van der Waals surface area contributed by atoms with E-state index in [-0.39, 0.29) is 18.4 Å². The summed E-state index contributed by atoms with van der Waals surface area (Å²) >= 11 is 0. The summed E-state index contributed by atoms with van der Waals surface area (Å²) in [6.45, 7) is 1.13. The molecule has 0 bridgehead atoms. The number of anilines is 2. The quantitative estimate of drug-likeness (QED) is 0.467. The van der Waals surface area contributed by atoms with Crippen LogP contribution in [0.15, 0.2) is 36.8 Å². The predicted molar refractivity (Wildman–Crippen MR) is 129 cm³/mol. The van der Waals surface area contributed by atoms with E-state index < -0.39 is 10.2 Å². The minimum absolute atomic E-state index is 0.0222. The Labute approximate surface area is 198 Å². The molecule has 34 heavy (non-hydrogen) atoms. The Balaban J connectivity index is 1.67. The summed E-state index contributed by atoms with van der Waals surface area (Å²) in [6, 6.07) is 7.05. The Morgan fingerprint density at radius 2 is 2.18 bits per heavy atom. The predicted octanol–water partition coefficient (Wildman–Crippen LogP) is 2.16. The number of amides is 1. The monoisotopic (exact) mass is 482 g/mol. The number of nitrogens with zero attached hydrogens (tertiary/aromatic N) is 5. The van der Waals surface area contributed by atoms with Crippen LogP contribution in [0.25, 0.3) is 22.3 Å². The third-order valence-electron chi connectivity index (χ3n) is 5.70. The summed E-state index contributed by atoms with van der Waals surface area (Å²) in [6.07, 6.45) is 6.58. The van der Waals surface area contributed by atoms with Gasteiger partial charge < -0.3 is 15.2 Å². The molecule has 3 N–H and O–H groups in total. The molecular weight excluding hydrogens is 456 g/mol. The fourth-order valence-electron chi connectivity index (χ4n) is 3.94. The zero-order valence-electron chi connectivity index (χ0n) is 18.9. The highest BCUT2D eigenvalue weighted by Gasteiger charge is 2.25. The van der Waals surface area contributed by atoms with Crippen LogP contribution in [0.4, 0.5) is 11.4 Å². The number of nitriles is 1. The number of likely N-dealkylation sites (tertiary alicyclic amines) is 1. The van der Waals surface area contributed by atoms with E-state index >= 15 is 0 Å². The molecule has 178 valence electrons. The summed E-state index contributed by atoms with van der Waals surface area (Å²) < 4.78 is 28.2. The number of nitrogens with one attached hydrogen (secondary N) is 3. The number of carbonyl (C=O) groups excluding carboxylic acids is 1. The van der Waals surface area contributed by atoms with Crippen LogP contribution in [0.1, 0.15) is 19.3 Å². The highest BCUT2D eigenvalue weighted by molar-refractivity contribution is 7.90. The SMILES string of the molecule is CN(C)S(=O)(=O)Nc1ccnc(-c2cnc3[nH]ccc3c2N[C@@H]2CCCN(C(=O)CC#N)C2)c1. The summed E-state index contributed by atoms with van der Waals surface area (Å²) in [5, 5.41) is 13.3. The maximum atomic E-state index is 12.3. The fraction of sp³-hybridized carbons (Fsp3) is 0.364. The molecule has 1 fully saturated rings. The van der Waals surface area contributed by atoms with Gasteiger partial charge in [-0.1, -0.05) is 0 Å². The van der Waals surface area contributed by atoms with E-state index in [1.165, 1.54) is 20.3 Å². The highest BCUT2D eigenvalue weighted by Crippen LogP contribution is 2.34. The molecular formula is C22H26N8O3S. The van der Waals surface area contributed by atoms with Crippen LogP contribution < -0.4 is 10.0 Å². The van der Waals surface area contributed by atoms with E-state index in [1.807, 2.05) is 12.1 Å². The average molecular weight is 483 g/mol. The molecule has 12 heteroatoms. The zero-order valence-corrected chi connectivity index (χ0v) is 19.8. The smallest absolute Gasteiger partial charge is 0.301 e. The summed E-state index contributed by atoms with van der Waals surface area (Å²) in [4.78, 5) is 26.0. The van der Waals surface area contributed by atoms with Crippen LogP contribution >= 0.6 is 0 Å². The van der Waals surface area contributed by atoms with Crippen molar-refractivity contribution >= 4 is 38.5 Å². The molecule has 4 rings (SSSR count). The second-order valence-corrected chi connectivity index (χ2v) is 10.1. The number of rotatable bonds is 7. The zero-order chi connectivity index (χ0) is 24.3. The normalized spacial score (nSPS) is 16.4. The number of aromatic nitrogens is 3. The third-order valence-corrected chi connectivity index (χ3v) is 7.16. The van der Waals surface area contributed by atoms with Gasteiger partial charge in [0.05, 0.1) is 23.1 Å². The maximum Gasteiger partial charge on any atom is 0.301 e. The molecule has 11 nitrogen and oxygen atoms in total. The lowest BCUT2D eigenvalue weighted by Gasteiger charge is -2.34. The number of aromatic amines is 1. The molecule has 3 aromatic heterocycles. The first-order valence-corrected chi connectivity index (χ1v) is 12.3. The second-order valence-electron chi connectivity index (χ2n) is 8.26. The average Bonchev–Trinajstić information content (AvgIpc) is 3.29. The number of carbonyl (C=O) groups is 1. The van der Waals surface area contributed by atoms with Crippen molar-refractivity contribution in [3.05, 3.63) is 36.8 Å². The van der Waals surface area contributed by atoms with Crippen molar-refractivity contribution in [2.45, 2.75) is 25.3 Å². The number of hydrogen-bond acceptors (Lipinski definition) is 7. The molecule has 0 saturated carbocycles. The number of piperidine rings is 1. The lowest BCUT2D eigenvalue weighted by Crippen LogP contribution is -2.45. The number of pyridine rings is 2. The van der Waals surface area contributed by atoms with Crippen LogP contribution in [-0.2, 0) is 15.0 Å². The molecule has 3 aromatic rings. The molecule has 1 atom stereocenters. The topological polar surface area (TPSA) is 147 Å². The molecule has 1 saturated heterocycles. The third kappa shape index (κ3) is 4.95. The maximum absolute atomic E-state index is 12.3. The van der Waals surface area contributed by atoms with Crippen molar-refractivity contribution in [2.24, 2.45) is 0 Å². The molecule has 0 unspecified atom stereocenters. The van der Waals surface area contributed by atoms with Gasteiger partial charge in [-0.25, -0.2) is 4.98 Å². The van der Waals surface area contributed by atoms with Gasteiger partial charge in [-0.3, -0.25) is 14.5 Å². The standard InChI is InChI=1S/C22H26N8O3S/c1-29(2)34(32,33)28-15-6-9-24-19(12-15)18-13-26-22-17(7-10-25-22)21(18)27-16-4-3-11-30(14-16)20(31)5-8-23/h6-7,9-10,12-13,16H,3-5,11,14H2,1-2H3,(H,24,28)(H2,25,26,27)/t16-/m1/s1. The summed E-state index contributed by atoms with van der Waals surface area (Å²) in [5.74, 6) is -0.168. The largest absolute Gasteiger partial charge is 0.379 e. The minimum Gasteiger partial charge on any atom is -0.379 e. The van der Waals surface area contributed by atoms with Crippen molar-refractivity contribution < 1.29 is 13.2 Å². The lowest BCUT2D eigenvalue weighted by molar-refractivity contribution is -0.131. The molecule has 0 spiro atoms. The van der Waals surface area contributed by atoms with Crippen molar-refractivity contribution in [1.82, 2.24) is 24.2 Å². The molecule has 1 aliphatic rings. The minimum atomic E-state index is -3.67. The van der Waals surface area contributed by atoms with E-state index in [9.17, 15) is 13.2 Å². The Morgan fingerprint density at radius 3 is 2.94 bits per heavy atom. The van der Waals surface area contributed by atoms with Crippen molar-refractivity contribution in [3.63, 3.8) is 0 Å². The number of H-pyrrole nitrogens is 1. The van der Waals surface area contributed by atoms with E-state index in [4.69, 9.17) is 5.26 Å². The van der Waals surface area contributed by atoms with Gasteiger partial charge in [-0.05, 0) is 31.0 Å². The summed E-state index contributed by atoms with van der Waals surface area (Å²) in [7, 11) is -0.770.